The number of hydrogen-bond acceptors (Lipinski definition) is 3. The molecule has 110 valence electrons. The third-order valence-electron chi connectivity index (χ3n) is 2.84. The minimum atomic E-state index is -0.913. The molecule has 0 radical (unpaired) electrons. The fourth-order valence-electron chi connectivity index (χ4n) is 1.71. The zero-order valence-corrected chi connectivity index (χ0v) is 11.8. The van der Waals surface area contributed by atoms with Crippen molar-refractivity contribution < 1.29 is 19.4 Å². The van der Waals surface area contributed by atoms with E-state index in [2.05, 4.69) is 5.32 Å². The average Bonchev–Trinajstić information content (AvgIpc) is 2.45. The van der Waals surface area contributed by atoms with E-state index in [1.54, 1.807) is 7.11 Å². The van der Waals surface area contributed by atoms with Crippen molar-refractivity contribution in [3.05, 3.63) is 29.8 Å². The average molecular weight is 280 g/mol. The molecular formula is C14H20N2O4. The summed E-state index contributed by atoms with van der Waals surface area (Å²) in [6, 6.07) is 7.14. The molecule has 1 rings (SSSR count). The quantitative estimate of drug-likeness (QED) is 0.796. The molecular weight excluding hydrogens is 260 g/mol. The van der Waals surface area contributed by atoms with Crippen molar-refractivity contribution in [3.63, 3.8) is 0 Å². The van der Waals surface area contributed by atoms with Crippen molar-refractivity contribution in [3.8, 4) is 5.75 Å². The summed E-state index contributed by atoms with van der Waals surface area (Å²) in [6.07, 6.45) is -0.0551. The molecule has 0 saturated heterocycles. The number of ether oxygens (including phenoxy) is 1. The molecule has 0 saturated carbocycles. The maximum Gasteiger partial charge on any atom is 0.317 e. The number of urea groups is 1. The highest BCUT2D eigenvalue weighted by Crippen LogP contribution is 2.12. The monoisotopic (exact) mass is 280 g/mol. The molecule has 20 heavy (non-hydrogen) atoms. The standard InChI is InChI=1S/C14H20N2O4/c1-3-16(8-7-13(17)18)14(19)15-10-11-5-4-6-12(9-11)20-2/h4-6,9H,3,7-8,10H2,1-2H3,(H,15,19)(H,17,18). The molecule has 0 heterocycles. The number of benzene rings is 1. The fourth-order valence-corrected chi connectivity index (χ4v) is 1.71. The van der Waals surface area contributed by atoms with Gasteiger partial charge in [-0.05, 0) is 24.6 Å². The SMILES string of the molecule is CCN(CCC(=O)O)C(=O)NCc1cccc(OC)c1. The summed E-state index contributed by atoms with van der Waals surface area (Å²) in [5, 5.41) is 11.4. The van der Waals surface area contributed by atoms with Crippen molar-refractivity contribution in [1.29, 1.82) is 0 Å². The van der Waals surface area contributed by atoms with Crippen molar-refractivity contribution in [2.75, 3.05) is 20.2 Å². The van der Waals surface area contributed by atoms with Crippen LogP contribution in [0.1, 0.15) is 18.9 Å². The molecule has 0 fully saturated rings. The van der Waals surface area contributed by atoms with E-state index in [0.717, 1.165) is 11.3 Å². The lowest BCUT2D eigenvalue weighted by molar-refractivity contribution is -0.137. The van der Waals surface area contributed by atoms with Crippen LogP contribution in [0, 0.1) is 0 Å². The van der Waals surface area contributed by atoms with E-state index in [1.807, 2.05) is 31.2 Å². The fraction of sp³-hybridized carbons (Fsp3) is 0.429. The molecule has 0 aromatic heterocycles. The number of hydrogen-bond donors (Lipinski definition) is 2. The number of carbonyl (C=O) groups is 2. The van der Waals surface area contributed by atoms with E-state index in [9.17, 15) is 9.59 Å². The van der Waals surface area contributed by atoms with Gasteiger partial charge < -0.3 is 20.1 Å². The number of amides is 2. The Balaban J connectivity index is 2.49. The molecule has 1 aromatic rings. The Kier molecular flexibility index (Phi) is 6.36. The maximum atomic E-state index is 11.9. The summed E-state index contributed by atoms with van der Waals surface area (Å²) in [7, 11) is 1.59. The lowest BCUT2D eigenvalue weighted by Gasteiger charge is -2.20. The zero-order chi connectivity index (χ0) is 15.0. The number of carboxylic acid groups (broad SMARTS) is 1. The van der Waals surface area contributed by atoms with Gasteiger partial charge >= 0.3 is 12.0 Å². The lowest BCUT2D eigenvalue weighted by Crippen LogP contribution is -2.40. The van der Waals surface area contributed by atoms with Crippen LogP contribution >= 0.6 is 0 Å². The first kappa shape index (κ1) is 15.8. The lowest BCUT2D eigenvalue weighted by atomic mass is 10.2. The van der Waals surface area contributed by atoms with Gasteiger partial charge in [-0.1, -0.05) is 12.1 Å². The van der Waals surface area contributed by atoms with E-state index in [-0.39, 0.29) is 19.0 Å². The van der Waals surface area contributed by atoms with Gasteiger partial charge in [0.15, 0.2) is 0 Å². The molecule has 0 aliphatic carbocycles. The van der Waals surface area contributed by atoms with E-state index < -0.39 is 5.97 Å². The van der Waals surface area contributed by atoms with Crippen LogP contribution in [0.15, 0.2) is 24.3 Å². The number of nitrogens with zero attached hydrogens (tertiary/aromatic N) is 1. The first-order chi connectivity index (χ1) is 9.56. The molecule has 0 bridgehead atoms. The molecule has 0 aliphatic rings. The Hall–Kier alpha value is -2.24. The smallest absolute Gasteiger partial charge is 0.317 e. The van der Waals surface area contributed by atoms with Gasteiger partial charge in [-0.3, -0.25) is 4.79 Å². The number of nitrogens with one attached hydrogen (secondary N) is 1. The van der Waals surface area contributed by atoms with E-state index in [0.29, 0.717) is 13.1 Å². The van der Waals surface area contributed by atoms with Crippen molar-refractivity contribution in [1.82, 2.24) is 10.2 Å². The highest BCUT2D eigenvalue weighted by atomic mass is 16.5. The van der Waals surface area contributed by atoms with E-state index in [4.69, 9.17) is 9.84 Å². The Morgan fingerprint density at radius 2 is 2.15 bits per heavy atom. The van der Waals surface area contributed by atoms with Gasteiger partial charge in [0.2, 0.25) is 0 Å². The van der Waals surface area contributed by atoms with Gasteiger partial charge in [0, 0.05) is 19.6 Å². The zero-order valence-electron chi connectivity index (χ0n) is 11.8. The first-order valence-corrected chi connectivity index (χ1v) is 6.44. The van der Waals surface area contributed by atoms with Gasteiger partial charge in [-0.25, -0.2) is 4.79 Å². The number of carbonyl (C=O) groups excluding carboxylic acids is 1. The van der Waals surface area contributed by atoms with Crippen LogP contribution in [-0.4, -0.2) is 42.2 Å². The van der Waals surface area contributed by atoms with Gasteiger partial charge in [0.1, 0.15) is 5.75 Å². The third-order valence-corrected chi connectivity index (χ3v) is 2.84. The summed E-state index contributed by atoms with van der Waals surface area (Å²) in [5.41, 5.74) is 0.923. The minimum Gasteiger partial charge on any atom is -0.497 e. The number of rotatable bonds is 7. The van der Waals surface area contributed by atoms with Gasteiger partial charge in [0.05, 0.1) is 13.5 Å². The second-order valence-corrected chi connectivity index (χ2v) is 4.23. The highest BCUT2D eigenvalue weighted by Gasteiger charge is 2.12. The van der Waals surface area contributed by atoms with Crippen LogP contribution in [0.25, 0.3) is 0 Å². The summed E-state index contributed by atoms with van der Waals surface area (Å²) < 4.78 is 5.11. The summed E-state index contributed by atoms with van der Waals surface area (Å²) in [5.74, 6) is -0.181. The Labute approximate surface area is 118 Å². The third kappa shape index (κ3) is 5.17. The van der Waals surface area contributed by atoms with E-state index in [1.165, 1.54) is 4.90 Å². The predicted molar refractivity (Wildman–Crippen MR) is 74.7 cm³/mol. The molecule has 0 unspecified atom stereocenters. The van der Waals surface area contributed by atoms with Crippen molar-refractivity contribution in [2.24, 2.45) is 0 Å². The number of methoxy groups -OCH3 is 1. The largest absolute Gasteiger partial charge is 0.497 e. The summed E-state index contributed by atoms with van der Waals surface area (Å²) in [6.45, 7) is 2.86. The van der Waals surface area contributed by atoms with Crippen LogP contribution in [0.4, 0.5) is 4.79 Å². The molecule has 0 atom stereocenters. The van der Waals surface area contributed by atoms with Crippen LogP contribution in [0.2, 0.25) is 0 Å². The van der Waals surface area contributed by atoms with Gasteiger partial charge in [0.25, 0.3) is 0 Å². The predicted octanol–water partition coefficient (Wildman–Crippen LogP) is 1.70. The topological polar surface area (TPSA) is 78.9 Å². The molecule has 2 N–H and O–H groups in total. The summed E-state index contributed by atoms with van der Waals surface area (Å²) >= 11 is 0. The Morgan fingerprint density at radius 1 is 1.40 bits per heavy atom. The second-order valence-electron chi connectivity index (χ2n) is 4.23. The maximum absolute atomic E-state index is 11.9. The Morgan fingerprint density at radius 3 is 2.75 bits per heavy atom. The van der Waals surface area contributed by atoms with Gasteiger partial charge in [-0.2, -0.15) is 0 Å². The molecule has 1 aromatic carbocycles. The first-order valence-electron chi connectivity index (χ1n) is 6.44. The highest BCUT2D eigenvalue weighted by molar-refractivity contribution is 5.75. The van der Waals surface area contributed by atoms with Crippen LogP contribution in [-0.2, 0) is 11.3 Å². The minimum absolute atomic E-state index is 0.0551. The molecule has 6 heteroatoms. The van der Waals surface area contributed by atoms with Crippen LogP contribution < -0.4 is 10.1 Å². The normalized spacial score (nSPS) is 9.90. The molecule has 6 nitrogen and oxygen atoms in total. The van der Waals surface area contributed by atoms with Crippen LogP contribution in [0.3, 0.4) is 0 Å². The summed E-state index contributed by atoms with van der Waals surface area (Å²) in [4.78, 5) is 23.9. The molecule has 0 aliphatic heterocycles. The second kappa shape index (κ2) is 8.04. The molecule has 0 spiro atoms. The Bertz CT molecular complexity index is 462. The number of aliphatic carboxylic acids is 1. The van der Waals surface area contributed by atoms with Gasteiger partial charge in [-0.15, -0.1) is 0 Å². The van der Waals surface area contributed by atoms with Crippen LogP contribution in [0.5, 0.6) is 5.75 Å². The van der Waals surface area contributed by atoms with Crippen molar-refractivity contribution >= 4 is 12.0 Å². The number of carboxylic acids is 1. The van der Waals surface area contributed by atoms with Crippen molar-refractivity contribution in [2.45, 2.75) is 19.9 Å². The molecule has 2 amide bonds. The van der Waals surface area contributed by atoms with E-state index >= 15 is 0 Å².